The van der Waals surface area contributed by atoms with Gasteiger partial charge in [-0.05, 0) is 36.1 Å². The van der Waals surface area contributed by atoms with E-state index in [1.54, 1.807) is 12.1 Å². The molecule has 176 valence electrons. The summed E-state index contributed by atoms with van der Waals surface area (Å²) in [6, 6.07) is 11.2. The zero-order valence-corrected chi connectivity index (χ0v) is 19.5. The molecule has 7 nitrogen and oxygen atoms in total. The van der Waals surface area contributed by atoms with Gasteiger partial charge in [-0.25, -0.2) is 11.0 Å². The Morgan fingerprint density at radius 1 is 1.29 bits per heavy atom. The minimum atomic E-state index is -1.17. The molecule has 2 heterocycles. The van der Waals surface area contributed by atoms with Crippen LogP contribution in [-0.2, 0) is 19.8 Å². The lowest BCUT2D eigenvalue weighted by Crippen LogP contribution is -2.45. The van der Waals surface area contributed by atoms with E-state index in [0.717, 1.165) is 11.6 Å². The SMILES string of the molecule is [C-]#[N+][C@@H]1C[C@@]2(CN1C(=O)C(CC(C)C)C(=O)Nc1c(F)cccc1Cl)C(=O)Nc1ccccc12. The Bertz CT molecular complexity index is 1190. The van der Waals surface area contributed by atoms with E-state index in [0.29, 0.717) is 5.69 Å². The van der Waals surface area contributed by atoms with E-state index >= 15 is 0 Å². The van der Waals surface area contributed by atoms with Crippen LogP contribution in [0, 0.1) is 24.2 Å². The fourth-order valence-electron chi connectivity index (χ4n) is 4.78. The Labute approximate surface area is 202 Å². The molecule has 2 aliphatic rings. The van der Waals surface area contributed by atoms with Crippen LogP contribution in [0.25, 0.3) is 4.85 Å². The zero-order chi connectivity index (χ0) is 24.6. The fourth-order valence-corrected chi connectivity index (χ4v) is 4.99. The summed E-state index contributed by atoms with van der Waals surface area (Å²) in [6.45, 7) is 11.4. The van der Waals surface area contributed by atoms with Gasteiger partial charge in [-0.2, -0.15) is 0 Å². The summed E-state index contributed by atoms with van der Waals surface area (Å²) in [7, 11) is 0. The summed E-state index contributed by atoms with van der Waals surface area (Å²) in [5, 5.41) is 5.32. The number of carbonyl (C=O) groups is 3. The molecule has 0 aliphatic carbocycles. The predicted octanol–water partition coefficient (Wildman–Crippen LogP) is 4.45. The van der Waals surface area contributed by atoms with Crippen LogP contribution in [0.3, 0.4) is 0 Å². The highest BCUT2D eigenvalue weighted by atomic mass is 35.5. The molecule has 1 fully saturated rings. The number of halogens is 2. The maximum absolute atomic E-state index is 14.3. The molecule has 2 aliphatic heterocycles. The first kappa shape index (κ1) is 23.7. The van der Waals surface area contributed by atoms with Gasteiger partial charge < -0.3 is 10.6 Å². The fraction of sp³-hybridized carbons (Fsp3) is 0.360. The quantitative estimate of drug-likeness (QED) is 0.488. The molecule has 0 saturated carbocycles. The van der Waals surface area contributed by atoms with Crippen LogP contribution in [-0.4, -0.2) is 35.3 Å². The first-order chi connectivity index (χ1) is 16.2. The Morgan fingerprint density at radius 3 is 2.71 bits per heavy atom. The number of likely N-dealkylation sites (tertiary alicyclic amines) is 1. The molecule has 2 aromatic carbocycles. The summed E-state index contributed by atoms with van der Waals surface area (Å²) in [5.41, 5.74) is 0.164. The van der Waals surface area contributed by atoms with Crippen LogP contribution < -0.4 is 10.6 Å². The van der Waals surface area contributed by atoms with Gasteiger partial charge in [0.05, 0.1) is 17.1 Å². The van der Waals surface area contributed by atoms with E-state index in [2.05, 4.69) is 15.5 Å². The third-order valence-electron chi connectivity index (χ3n) is 6.42. The number of nitrogens with one attached hydrogen (secondary N) is 2. The number of amides is 3. The second kappa shape index (κ2) is 9.07. The van der Waals surface area contributed by atoms with Gasteiger partial charge in [-0.15, -0.1) is 0 Å². The number of carbonyl (C=O) groups excluding carboxylic acids is 3. The van der Waals surface area contributed by atoms with Gasteiger partial charge in [0.25, 0.3) is 0 Å². The normalized spacial score (nSPS) is 21.8. The maximum Gasteiger partial charge on any atom is 0.302 e. The number of anilines is 2. The monoisotopic (exact) mass is 482 g/mol. The number of fused-ring (bicyclic) bond motifs is 2. The Kier molecular flexibility index (Phi) is 6.32. The molecule has 0 radical (unpaired) electrons. The predicted molar refractivity (Wildman–Crippen MR) is 126 cm³/mol. The third kappa shape index (κ3) is 4.01. The summed E-state index contributed by atoms with van der Waals surface area (Å²) >= 11 is 6.05. The van der Waals surface area contributed by atoms with E-state index in [1.807, 2.05) is 26.0 Å². The van der Waals surface area contributed by atoms with Crippen LogP contribution in [0.5, 0.6) is 0 Å². The molecule has 1 spiro atoms. The Hall–Kier alpha value is -3.44. The molecule has 2 N–H and O–H groups in total. The van der Waals surface area contributed by atoms with Crippen molar-refractivity contribution in [2.24, 2.45) is 11.8 Å². The molecular formula is C25H24ClFN4O3. The highest BCUT2D eigenvalue weighted by molar-refractivity contribution is 6.33. The molecule has 0 bridgehead atoms. The molecule has 4 rings (SSSR count). The highest BCUT2D eigenvalue weighted by Gasteiger charge is 2.59. The number of rotatable bonds is 5. The highest BCUT2D eigenvalue weighted by Crippen LogP contribution is 2.47. The van der Waals surface area contributed by atoms with Crippen molar-refractivity contribution < 1.29 is 18.8 Å². The minimum absolute atomic E-state index is 0.00986. The van der Waals surface area contributed by atoms with Crippen molar-refractivity contribution in [3.63, 3.8) is 0 Å². The average Bonchev–Trinajstić information content (AvgIpc) is 3.32. The van der Waals surface area contributed by atoms with Crippen molar-refractivity contribution in [3.05, 3.63) is 70.3 Å². The number of nitrogens with zero attached hydrogens (tertiary/aromatic N) is 2. The van der Waals surface area contributed by atoms with Crippen molar-refractivity contribution in [1.29, 1.82) is 0 Å². The van der Waals surface area contributed by atoms with Gasteiger partial charge >= 0.3 is 6.17 Å². The Morgan fingerprint density at radius 2 is 2.03 bits per heavy atom. The number of hydrogen-bond acceptors (Lipinski definition) is 3. The number of para-hydroxylation sites is 2. The van der Waals surface area contributed by atoms with E-state index in [-0.39, 0.29) is 41.9 Å². The van der Waals surface area contributed by atoms with Gasteiger partial charge in [0.2, 0.25) is 17.7 Å². The smallest absolute Gasteiger partial charge is 0.302 e. The second-order valence-corrected chi connectivity index (χ2v) is 9.54. The standard InChI is InChI=1S/C25H24ClFN4O3/c1-14(2)11-15(22(32)30-21-17(26)8-6-9-18(21)27)23(33)31-13-25(12-20(31)28-3)16-7-4-5-10-19(16)29-24(25)34/h4-10,14-15,20H,11-13H2,1-2H3,(H,29,34)(H,30,32)/t15?,20-,25-/m0/s1. The number of benzene rings is 2. The molecule has 0 aromatic heterocycles. The van der Waals surface area contributed by atoms with Crippen molar-refractivity contribution in [1.82, 2.24) is 4.90 Å². The third-order valence-corrected chi connectivity index (χ3v) is 6.74. The van der Waals surface area contributed by atoms with Gasteiger partial charge in [0.15, 0.2) is 0 Å². The van der Waals surface area contributed by atoms with E-state index in [4.69, 9.17) is 18.2 Å². The molecule has 1 saturated heterocycles. The lowest BCUT2D eigenvalue weighted by molar-refractivity contribution is -0.141. The van der Waals surface area contributed by atoms with Crippen LogP contribution in [0.15, 0.2) is 42.5 Å². The summed E-state index contributed by atoms with van der Waals surface area (Å²) < 4.78 is 14.3. The van der Waals surface area contributed by atoms with E-state index in [1.165, 1.54) is 17.0 Å². The molecular weight excluding hydrogens is 459 g/mol. The van der Waals surface area contributed by atoms with Crippen molar-refractivity contribution in [2.45, 2.75) is 38.3 Å². The zero-order valence-electron chi connectivity index (χ0n) is 18.8. The van der Waals surface area contributed by atoms with Crippen LogP contribution in [0.1, 0.15) is 32.3 Å². The molecule has 1 unspecified atom stereocenters. The van der Waals surface area contributed by atoms with Crippen molar-refractivity contribution >= 4 is 40.7 Å². The van der Waals surface area contributed by atoms with E-state index < -0.39 is 35.1 Å². The first-order valence-electron chi connectivity index (χ1n) is 11.0. The van der Waals surface area contributed by atoms with Crippen LogP contribution in [0.2, 0.25) is 5.02 Å². The van der Waals surface area contributed by atoms with E-state index in [9.17, 15) is 18.8 Å². The summed E-state index contributed by atoms with van der Waals surface area (Å²) in [6.07, 6.45) is -0.572. The van der Waals surface area contributed by atoms with Crippen molar-refractivity contribution in [2.75, 3.05) is 17.2 Å². The molecule has 3 atom stereocenters. The molecule has 3 amide bonds. The van der Waals surface area contributed by atoms with Gasteiger partial charge in [-0.1, -0.05) is 49.7 Å². The molecule has 34 heavy (non-hydrogen) atoms. The molecule has 9 heteroatoms. The van der Waals surface area contributed by atoms with Crippen molar-refractivity contribution in [3.8, 4) is 0 Å². The number of hydrogen-bond donors (Lipinski definition) is 2. The topological polar surface area (TPSA) is 82.9 Å². The average molecular weight is 483 g/mol. The van der Waals surface area contributed by atoms with Crippen LogP contribution >= 0.6 is 11.6 Å². The summed E-state index contributed by atoms with van der Waals surface area (Å²) in [5.74, 6) is -3.44. The largest absolute Gasteiger partial charge is 0.325 e. The Balaban J connectivity index is 1.65. The van der Waals surface area contributed by atoms with Gasteiger partial charge in [0, 0.05) is 12.2 Å². The maximum atomic E-state index is 14.3. The molecule has 2 aromatic rings. The van der Waals surface area contributed by atoms with Gasteiger partial charge in [-0.3, -0.25) is 24.1 Å². The van der Waals surface area contributed by atoms with Gasteiger partial charge in [0.1, 0.15) is 17.2 Å². The summed E-state index contributed by atoms with van der Waals surface area (Å²) in [4.78, 5) is 44.8. The second-order valence-electron chi connectivity index (χ2n) is 9.13. The van der Waals surface area contributed by atoms with Crippen LogP contribution in [0.4, 0.5) is 15.8 Å². The first-order valence-corrected chi connectivity index (χ1v) is 11.4. The minimum Gasteiger partial charge on any atom is -0.325 e. The lowest BCUT2D eigenvalue weighted by Gasteiger charge is -2.25. The lowest BCUT2D eigenvalue weighted by atomic mass is 9.80.